The van der Waals surface area contributed by atoms with Crippen molar-refractivity contribution < 1.29 is 4.74 Å². The first-order chi connectivity index (χ1) is 14.7. The van der Waals surface area contributed by atoms with Crippen LogP contribution in [0.5, 0.6) is 5.75 Å². The van der Waals surface area contributed by atoms with E-state index in [9.17, 15) is 0 Å². The van der Waals surface area contributed by atoms with Gasteiger partial charge in [0.15, 0.2) is 0 Å². The second kappa shape index (κ2) is 12.5. The van der Waals surface area contributed by atoms with Gasteiger partial charge in [-0.05, 0) is 60.2 Å². The van der Waals surface area contributed by atoms with E-state index in [1.54, 1.807) is 0 Å². The number of unbranched alkanes of at least 4 members (excludes halogenated alkanes) is 1. The highest BCUT2D eigenvalue weighted by Crippen LogP contribution is 2.23. The van der Waals surface area contributed by atoms with E-state index in [1.165, 1.54) is 11.1 Å². The standard InChI is InChI=1S/C26H29NO.C2H6/c1-4-5-18-28-26-19-23(11-10-20(26)2)13-12-22-14-16-25(17-15-22)27-21(3)24-8-6-7-9-24;1-2/h6-8,10-17,19,27H,3-5,9,18H2,1-2H3;1-2H3/b13-12+;. The van der Waals surface area contributed by atoms with Crippen LogP contribution in [0.2, 0.25) is 0 Å². The van der Waals surface area contributed by atoms with Crippen LogP contribution in [0.4, 0.5) is 5.69 Å². The van der Waals surface area contributed by atoms with Crippen molar-refractivity contribution in [1.29, 1.82) is 0 Å². The van der Waals surface area contributed by atoms with E-state index in [0.717, 1.165) is 54.1 Å². The lowest BCUT2D eigenvalue weighted by molar-refractivity contribution is 0.307. The fourth-order valence-electron chi connectivity index (χ4n) is 3.00. The molecule has 0 radical (unpaired) electrons. The normalized spacial score (nSPS) is 12.3. The Morgan fingerprint density at radius 3 is 2.43 bits per heavy atom. The first-order valence-corrected chi connectivity index (χ1v) is 11.0. The Morgan fingerprint density at radius 2 is 1.77 bits per heavy atom. The van der Waals surface area contributed by atoms with Gasteiger partial charge in [-0.3, -0.25) is 0 Å². The van der Waals surface area contributed by atoms with Crippen molar-refractivity contribution in [2.45, 2.75) is 47.0 Å². The van der Waals surface area contributed by atoms with Crippen LogP contribution in [0, 0.1) is 6.92 Å². The second-order valence-electron chi connectivity index (χ2n) is 7.11. The molecule has 0 fully saturated rings. The molecule has 30 heavy (non-hydrogen) atoms. The SMILES string of the molecule is C=C(Nc1ccc(/C=C/c2ccc(C)c(OCCCC)c2)cc1)C1=CC=CC1.CC. The number of ether oxygens (including phenoxy) is 1. The first kappa shape index (κ1) is 23.3. The second-order valence-corrected chi connectivity index (χ2v) is 7.11. The summed E-state index contributed by atoms with van der Waals surface area (Å²) in [6.07, 6.45) is 13.8. The van der Waals surface area contributed by atoms with Crippen molar-refractivity contribution in [2.24, 2.45) is 0 Å². The predicted molar refractivity (Wildman–Crippen MR) is 133 cm³/mol. The molecule has 2 aromatic rings. The van der Waals surface area contributed by atoms with Crippen LogP contribution in [-0.4, -0.2) is 6.61 Å². The highest BCUT2D eigenvalue weighted by molar-refractivity contribution is 5.71. The molecular weight excluding hydrogens is 366 g/mol. The predicted octanol–water partition coefficient (Wildman–Crippen LogP) is 8.18. The molecule has 0 saturated heterocycles. The molecule has 2 nitrogen and oxygen atoms in total. The summed E-state index contributed by atoms with van der Waals surface area (Å²) >= 11 is 0. The van der Waals surface area contributed by atoms with Crippen molar-refractivity contribution >= 4 is 17.8 Å². The third kappa shape index (κ3) is 7.11. The molecule has 1 N–H and O–H groups in total. The Labute approximate surface area is 182 Å². The number of nitrogens with one attached hydrogen (secondary N) is 1. The van der Waals surface area contributed by atoms with Crippen LogP contribution in [0.3, 0.4) is 0 Å². The number of hydrogen-bond acceptors (Lipinski definition) is 2. The van der Waals surface area contributed by atoms with Gasteiger partial charge in [-0.1, -0.05) is 88.4 Å². The molecule has 0 heterocycles. The van der Waals surface area contributed by atoms with Crippen LogP contribution in [0.15, 0.2) is 78.5 Å². The van der Waals surface area contributed by atoms with Crippen LogP contribution in [0.1, 0.15) is 56.7 Å². The number of aryl methyl sites for hydroxylation is 1. The summed E-state index contributed by atoms with van der Waals surface area (Å²) in [5.41, 5.74) is 6.73. The lowest BCUT2D eigenvalue weighted by Gasteiger charge is -2.11. The van der Waals surface area contributed by atoms with E-state index in [-0.39, 0.29) is 0 Å². The molecule has 0 aliphatic heterocycles. The minimum atomic E-state index is 0.775. The molecule has 158 valence electrons. The zero-order valence-corrected chi connectivity index (χ0v) is 18.9. The van der Waals surface area contributed by atoms with E-state index in [0.29, 0.717) is 0 Å². The van der Waals surface area contributed by atoms with E-state index >= 15 is 0 Å². The summed E-state index contributed by atoms with van der Waals surface area (Å²) < 4.78 is 5.91. The average Bonchev–Trinajstić information content (AvgIpc) is 3.32. The lowest BCUT2D eigenvalue weighted by Crippen LogP contribution is -1.99. The summed E-state index contributed by atoms with van der Waals surface area (Å²) in [7, 11) is 0. The van der Waals surface area contributed by atoms with Crippen molar-refractivity contribution in [1.82, 2.24) is 0 Å². The summed E-state index contributed by atoms with van der Waals surface area (Å²) in [5, 5.41) is 3.38. The van der Waals surface area contributed by atoms with Crippen LogP contribution >= 0.6 is 0 Å². The van der Waals surface area contributed by atoms with Crippen LogP contribution in [-0.2, 0) is 0 Å². The third-order valence-electron chi connectivity index (χ3n) is 4.80. The highest BCUT2D eigenvalue weighted by Gasteiger charge is 2.04. The largest absolute Gasteiger partial charge is 0.493 e. The van der Waals surface area contributed by atoms with Gasteiger partial charge in [0.1, 0.15) is 5.75 Å². The van der Waals surface area contributed by atoms with Gasteiger partial charge in [-0.2, -0.15) is 0 Å². The maximum atomic E-state index is 5.91. The smallest absolute Gasteiger partial charge is 0.122 e. The Kier molecular flexibility index (Phi) is 9.73. The zero-order valence-electron chi connectivity index (χ0n) is 18.9. The zero-order chi connectivity index (χ0) is 21.8. The van der Waals surface area contributed by atoms with Crippen LogP contribution in [0.25, 0.3) is 12.2 Å². The summed E-state index contributed by atoms with van der Waals surface area (Å²) in [6.45, 7) is 13.2. The molecule has 0 bridgehead atoms. The topological polar surface area (TPSA) is 21.3 Å². The number of rotatable bonds is 9. The fourth-order valence-corrected chi connectivity index (χ4v) is 3.00. The van der Waals surface area contributed by atoms with Gasteiger partial charge >= 0.3 is 0 Å². The average molecular weight is 402 g/mol. The lowest BCUT2D eigenvalue weighted by atomic mass is 10.1. The molecule has 1 aliphatic carbocycles. The minimum absolute atomic E-state index is 0.775. The molecule has 1 aliphatic rings. The van der Waals surface area contributed by atoms with E-state index in [4.69, 9.17) is 4.74 Å². The van der Waals surface area contributed by atoms with Crippen molar-refractivity contribution in [3.8, 4) is 5.75 Å². The number of anilines is 1. The monoisotopic (exact) mass is 401 g/mol. The molecule has 0 aromatic heterocycles. The molecule has 0 saturated carbocycles. The number of allylic oxidation sites excluding steroid dienone is 4. The molecule has 0 unspecified atom stereocenters. The Hall–Kier alpha value is -3.00. The molecule has 3 rings (SSSR count). The van der Waals surface area contributed by atoms with E-state index in [2.05, 4.69) is 98.6 Å². The van der Waals surface area contributed by atoms with Gasteiger partial charge in [0, 0.05) is 11.4 Å². The highest BCUT2D eigenvalue weighted by atomic mass is 16.5. The van der Waals surface area contributed by atoms with Crippen LogP contribution < -0.4 is 10.1 Å². The molecule has 0 spiro atoms. The van der Waals surface area contributed by atoms with Gasteiger partial charge in [-0.15, -0.1) is 0 Å². The molecule has 2 heteroatoms. The number of benzene rings is 2. The first-order valence-electron chi connectivity index (χ1n) is 11.0. The van der Waals surface area contributed by atoms with E-state index < -0.39 is 0 Å². The molecule has 2 aromatic carbocycles. The van der Waals surface area contributed by atoms with Gasteiger partial charge in [0.25, 0.3) is 0 Å². The minimum Gasteiger partial charge on any atom is -0.493 e. The van der Waals surface area contributed by atoms with Gasteiger partial charge in [0.05, 0.1) is 6.61 Å². The van der Waals surface area contributed by atoms with Gasteiger partial charge < -0.3 is 10.1 Å². The number of hydrogen-bond donors (Lipinski definition) is 1. The van der Waals surface area contributed by atoms with Crippen molar-refractivity contribution in [2.75, 3.05) is 11.9 Å². The quantitative estimate of drug-likeness (QED) is 0.338. The molecule has 0 atom stereocenters. The Balaban J connectivity index is 0.00000155. The molecular formula is C28H35NO. The van der Waals surface area contributed by atoms with E-state index in [1.807, 2.05) is 13.8 Å². The maximum Gasteiger partial charge on any atom is 0.122 e. The molecule has 0 amide bonds. The Morgan fingerprint density at radius 1 is 1.07 bits per heavy atom. The Bertz CT molecular complexity index is 901. The summed E-state index contributed by atoms with van der Waals surface area (Å²) in [5.74, 6) is 0.976. The van der Waals surface area contributed by atoms with Gasteiger partial charge in [0.2, 0.25) is 0 Å². The fraction of sp³-hybridized carbons (Fsp3) is 0.286. The van der Waals surface area contributed by atoms with Crippen molar-refractivity contribution in [3.63, 3.8) is 0 Å². The van der Waals surface area contributed by atoms with Crippen molar-refractivity contribution in [3.05, 3.63) is 95.2 Å². The summed E-state index contributed by atoms with van der Waals surface area (Å²) in [4.78, 5) is 0. The van der Waals surface area contributed by atoms with Gasteiger partial charge in [-0.25, -0.2) is 0 Å². The third-order valence-corrected chi connectivity index (χ3v) is 4.80. The summed E-state index contributed by atoms with van der Waals surface area (Å²) in [6, 6.07) is 14.8. The maximum absolute atomic E-state index is 5.91.